The summed E-state index contributed by atoms with van der Waals surface area (Å²) in [5.74, 6) is 0. The Hall–Kier alpha value is -0.763. The molecule has 0 aliphatic rings. The Kier molecular flexibility index (Phi) is 8.09. The molecule has 0 amide bonds. The van der Waals surface area contributed by atoms with E-state index in [1.165, 1.54) is 0 Å². The fourth-order valence-electron chi connectivity index (χ4n) is 2.24. The summed E-state index contributed by atoms with van der Waals surface area (Å²) in [7, 11) is 2.38. The van der Waals surface area contributed by atoms with E-state index >= 15 is 0 Å². The SMILES string of the molecule is CO[Si](CCCN[C@H](C)[C@@H](O)c1ccccc1)(OC)OC. The maximum absolute atomic E-state index is 10.3. The fraction of sp³-hybridized carbons (Fsp3) is 0.600. The van der Waals surface area contributed by atoms with Crippen molar-refractivity contribution < 1.29 is 18.4 Å². The van der Waals surface area contributed by atoms with Crippen LogP contribution in [-0.4, -0.2) is 47.8 Å². The molecule has 0 saturated heterocycles. The lowest BCUT2D eigenvalue weighted by molar-refractivity contribution is 0.121. The number of rotatable bonds is 10. The largest absolute Gasteiger partial charge is 0.500 e. The molecule has 0 fully saturated rings. The minimum Gasteiger partial charge on any atom is -0.387 e. The van der Waals surface area contributed by atoms with E-state index in [0.717, 1.165) is 24.6 Å². The molecule has 0 heterocycles. The number of hydrogen-bond donors (Lipinski definition) is 2. The molecule has 0 radical (unpaired) electrons. The standard InChI is InChI=1S/C15H27NO4Si/c1-13(15(17)14-9-6-5-7-10-14)16-11-8-12-21(18-2,19-3)20-4/h5-7,9-10,13,15-17H,8,11-12H2,1-4H3/t13-,15-/m1/s1. The molecule has 5 nitrogen and oxygen atoms in total. The first kappa shape index (κ1) is 18.3. The lowest BCUT2D eigenvalue weighted by Gasteiger charge is -2.25. The summed E-state index contributed by atoms with van der Waals surface area (Å²) in [6.07, 6.45) is 0.355. The fourth-order valence-corrected chi connectivity index (χ4v) is 3.96. The van der Waals surface area contributed by atoms with Crippen molar-refractivity contribution in [2.75, 3.05) is 27.9 Å². The highest BCUT2D eigenvalue weighted by atomic mass is 28.4. The molecule has 1 aromatic rings. The van der Waals surface area contributed by atoms with E-state index in [9.17, 15) is 5.11 Å². The number of hydrogen-bond acceptors (Lipinski definition) is 5. The summed E-state index contributed by atoms with van der Waals surface area (Å²) in [4.78, 5) is 0. The Bertz CT molecular complexity index is 378. The van der Waals surface area contributed by atoms with Crippen molar-refractivity contribution in [3.05, 3.63) is 35.9 Å². The van der Waals surface area contributed by atoms with Crippen LogP contribution >= 0.6 is 0 Å². The van der Waals surface area contributed by atoms with Crippen LogP contribution in [0.15, 0.2) is 30.3 Å². The van der Waals surface area contributed by atoms with Crippen LogP contribution < -0.4 is 5.32 Å². The van der Waals surface area contributed by atoms with Gasteiger partial charge in [-0.1, -0.05) is 30.3 Å². The third-order valence-electron chi connectivity index (χ3n) is 3.67. The van der Waals surface area contributed by atoms with Gasteiger partial charge in [-0.15, -0.1) is 0 Å². The third kappa shape index (κ3) is 5.50. The van der Waals surface area contributed by atoms with Gasteiger partial charge in [-0.2, -0.15) is 0 Å². The second-order valence-electron chi connectivity index (χ2n) is 5.00. The zero-order chi connectivity index (χ0) is 15.7. The van der Waals surface area contributed by atoms with E-state index in [1.807, 2.05) is 37.3 Å². The van der Waals surface area contributed by atoms with Crippen molar-refractivity contribution in [2.24, 2.45) is 0 Å². The van der Waals surface area contributed by atoms with E-state index < -0.39 is 14.9 Å². The van der Waals surface area contributed by atoms with Gasteiger partial charge >= 0.3 is 8.80 Å². The van der Waals surface area contributed by atoms with Crippen molar-refractivity contribution in [3.8, 4) is 0 Å². The summed E-state index contributed by atoms with van der Waals surface area (Å²) in [5, 5.41) is 13.6. The molecular weight excluding hydrogens is 286 g/mol. The highest BCUT2D eigenvalue weighted by molar-refractivity contribution is 6.60. The van der Waals surface area contributed by atoms with Crippen LogP contribution in [0.5, 0.6) is 0 Å². The van der Waals surface area contributed by atoms with Crippen LogP contribution in [0.3, 0.4) is 0 Å². The van der Waals surface area contributed by atoms with Gasteiger partial charge in [0, 0.05) is 33.4 Å². The van der Waals surface area contributed by atoms with Gasteiger partial charge in [0.1, 0.15) is 0 Å². The molecule has 2 atom stereocenters. The van der Waals surface area contributed by atoms with E-state index in [1.54, 1.807) is 21.3 Å². The van der Waals surface area contributed by atoms with Gasteiger partial charge in [0.05, 0.1) is 6.10 Å². The summed E-state index contributed by atoms with van der Waals surface area (Å²) in [6.45, 7) is 2.75. The smallest absolute Gasteiger partial charge is 0.387 e. The summed E-state index contributed by atoms with van der Waals surface area (Å²) in [5.41, 5.74) is 0.923. The van der Waals surface area contributed by atoms with E-state index in [-0.39, 0.29) is 6.04 Å². The average Bonchev–Trinajstić information content (AvgIpc) is 2.55. The monoisotopic (exact) mass is 313 g/mol. The van der Waals surface area contributed by atoms with Gasteiger partial charge < -0.3 is 23.7 Å². The summed E-state index contributed by atoms with van der Waals surface area (Å²) < 4.78 is 16.1. The third-order valence-corrected chi connectivity index (χ3v) is 6.51. The zero-order valence-electron chi connectivity index (χ0n) is 13.3. The first-order valence-corrected chi connectivity index (χ1v) is 9.13. The van der Waals surface area contributed by atoms with Crippen LogP contribution in [0.25, 0.3) is 0 Å². The van der Waals surface area contributed by atoms with Crippen LogP contribution in [0.1, 0.15) is 25.0 Å². The highest BCUT2D eigenvalue weighted by Gasteiger charge is 2.36. The van der Waals surface area contributed by atoms with Crippen molar-refractivity contribution in [1.82, 2.24) is 5.32 Å². The minimum absolute atomic E-state index is 0.0175. The Balaban J connectivity index is 2.35. The van der Waals surface area contributed by atoms with E-state index in [2.05, 4.69) is 5.32 Å². The molecule has 0 bridgehead atoms. The molecule has 0 saturated carbocycles. The van der Waals surface area contributed by atoms with Gasteiger partial charge in [0.15, 0.2) is 0 Å². The molecule has 0 spiro atoms. The van der Waals surface area contributed by atoms with Crippen molar-refractivity contribution >= 4 is 8.80 Å². The van der Waals surface area contributed by atoms with Gasteiger partial charge in [0.25, 0.3) is 0 Å². The molecule has 0 aliphatic carbocycles. The first-order valence-electron chi connectivity index (χ1n) is 7.20. The number of aliphatic hydroxyl groups excluding tert-OH is 1. The summed E-state index contributed by atoms with van der Waals surface area (Å²) in [6, 6.07) is 10.4. The quantitative estimate of drug-likeness (QED) is 0.511. The number of aliphatic hydroxyl groups is 1. The van der Waals surface area contributed by atoms with Crippen molar-refractivity contribution in [1.29, 1.82) is 0 Å². The molecule has 2 N–H and O–H groups in total. The molecule has 21 heavy (non-hydrogen) atoms. The topological polar surface area (TPSA) is 60.0 Å². The summed E-state index contributed by atoms with van der Waals surface area (Å²) >= 11 is 0. The Labute approximate surface area is 128 Å². The molecule has 0 aromatic heterocycles. The maximum Gasteiger partial charge on any atom is 0.500 e. The van der Waals surface area contributed by atoms with E-state index in [0.29, 0.717) is 0 Å². The molecular formula is C15H27NO4Si. The normalized spacial score (nSPS) is 14.9. The second kappa shape index (κ2) is 9.29. The van der Waals surface area contributed by atoms with Crippen LogP contribution in [0.2, 0.25) is 6.04 Å². The second-order valence-corrected chi connectivity index (χ2v) is 8.09. The molecule has 120 valence electrons. The molecule has 6 heteroatoms. The van der Waals surface area contributed by atoms with Gasteiger partial charge in [-0.25, -0.2) is 0 Å². The molecule has 0 aliphatic heterocycles. The lowest BCUT2D eigenvalue weighted by atomic mass is 10.0. The lowest BCUT2D eigenvalue weighted by Crippen LogP contribution is -2.43. The Morgan fingerprint density at radius 2 is 1.67 bits per heavy atom. The molecule has 1 rings (SSSR count). The molecule has 1 aromatic carbocycles. The van der Waals surface area contributed by atoms with Crippen molar-refractivity contribution in [2.45, 2.75) is 31.5 Å². The van der Waals surface area contributed by atoms with Crippen LogP contribution in [0, 0.1) is 0 Å². The zero-order valence-corrected chi connectivity index (χ0v) is 14.3. The Morgan fingerprint density at radius 1 is 1.10 bits per heavy atom. The highest BCUT2D eigenvalue weighted by Crippen LogP contribution is 2.17. The molecule has 0 unspecified atom stereocenters. The van der Waals surface area contributed by atoms with Gasteiger partial charge in [-0.05, 0) is 25.5 Å². The van der Waals surface area contributed by atoms with E-state index in [4.69, 9.17) is 13.3 Å². The van der Waals surface area contributed by atoms with Crippen molar-refractivity contribution in [3.63, 3.8) is 0 Å². The minimum atomic E-state index is -2.48. The van der Waals surface area contributed by atoms with Gasteiger partial charge in [0.2, 0.25) is 0 Å². The Morgan fingerprint density at radius 3 is 2.19 bits per heavy atom. The first-order chi connectivity index (χ1) is 10.1. The maximum atomic E-state index is 10.3. The predicted octanol–water partition coefficient (Wildman–Crippen LogP) is 1.97. The number of nitrogens with one attached hydrogen (secondary N) is 1. The van der Waals surface area contributed by atoms with Crippen LogP contribution in [0.4, 0.5) is 0 Å². The predicted molar refractivity (Wildman–Crippen MR) is 85.1 cm³/mol. The number of benzene rings is 1. The van der Waals surface area contributed by atoms with Gasteiger partial charge in [-0.3, -0.25) is 0 Å². The average molecular weight is 313 g/mol. The van der Waals surface area contributed by atoms with Crippen LogP contribution in [-0.2, 0) is 13.3 Å².